The van der Waals surface area contributed by atoms with Crippen molar-refractivity contribution in [1.82, 2.24) is 4.90 Å². The van der Waals surface area contributed by atoms with Crippen LogP contribution >= 0.6 is 0 Å². The van der Waals surface area contributed by atoms with Crippen LogP contribution in [0.15, 0.2) is 18.2 Å². The number of likely N-dealkylation sites (tertiary alicyclic amines) is 1. The van der Waals surface area contributed by atoms with Crippen LogP contribution in [0.5, 0.6) is 11.5 Å². The van der Waals surface area contributed by atoms with Crippen LogP contribution in [-0.2, 0) is 6.54 Å². The lowest BCUT2D eigenvalue weighted by atomic mass is 10.0. The Labute approximate surface area is 107 Å². The van der Waals surface area contributed by atoms with Gasteiger partial charge in [-0.25, -0.2) is 0 Å². The minimum Gasteiger partial charge on any atom is -0.454 e. The molecule has 0 bridgehead atoms. The van der Waals surface area contributed by atoms with Gasteiger partial charge >= 0.3 is 0 Å². The van der Waals surface area contributed by atoms with Crippen molar-refractivity contribution >= 4 is 0 Å². The predicted molar refractivity (Wildman–Crippen MR) is 67.6 cm³/mol. The average Bonchev–Trinajstić information content (AvgIpc) is 2.97. The lowest BCUT2D eigenvalue weighted by Crippen LogP contribution is -2.24. The Bertz CT molecular complexity index is 433. The third kappa shape index (κ3) is 2.18. The highest BCUT2D eigenvalue weighted by Crippen LogP contribution is 2.36. The van der Waals surface area contributed by atoms with Gasteiger partial charge in [-0.05, 0) is 31.9 Å². The second-order valence-corrected chi connectivity index (χ2v) is 5.18. The minimum atomic E-state index is -0.212. The Kier molecular flexibility index (Phi) is 3.14. The fourth-order valence-corrected chi connectivity index (χ4v) is 2.76. The fourth-order valence-electron chi connectivity index (χ4n) is 2.76. The van der Waals surface area contributed by atoms with Gasteiger partial charge in [-0.3, -0.25) is 4.90 Å². The van der Waals surface area contributed by atoms with E-state index in [2.05, 4.69) is 11.0 Å². The molecule has 1 aromatic rings. The van der Waals surface area contributed by atoms with E-state index in [9.17, 15) is 5.11 Å². The molecule has 98 valence electrons. The summed E-state index contributed by atoms with van der Waals surface area (Å²) < 4.78 is 10.9. The summed E-state index contributed by atoms with van der Waals surface area (Å²) in [6.45, 7) is 5.08. The number of para-hydroxylation sites is 1. The van der Waals surface area contributed by atoms with Gasteiger partial charge in [-0.15, -0.1) is 0 Å². The number of ether oxygens (including phenoxy) is 2. The summed E-state index contributed by atoms with van der Waals surface area (Å²) in [7, 11) is 0. The third-order valence-corrected chi connectivity index (χ3v) is 3.86. The first-order valence-electron chi connectivity index (χ1n) is 6.52. The second-order valence-electron chi connectivity index (χ2n) is 5.18. The van der Waals surface area contributed by atoms with Crippen LogP contribution in [0.4, 0.5) is 0 Å². The smallest absolute Gasteiger partial charge is 0.231 e. The summed E-state index contributed by atoms with van der Waals surface area (Å²) in [5.74, 6) is 2.13. The molecule has 1 fully saturated rings. The van der Waals surface area contributed by atoms with Gasteiger partial charge in [0.05, 0.1) is 6.10 Å². The van der Waals surface area contributed by atoms with Crippen molar-refractivity contribution in [2.75, 3.05) is 19.9 Å². The second kappa shape index (κ2) is 4.78. The van der Waals surface area contributed by atoms with Crippen molar-refractivity contribution in [3.05, 3.63) is 23.8 Å². The van der Waals surface area contributed by atoms with Gasteiger partial charge in [0.25, 0.3) is 0 Å². The molecule has 0 amide bonds. The number of hydrogen-bond donors (Lipinski definition) is 1. The van der Waals surface area contributed by atoms with Crippen LogP contribution in [0.3, 0.4) is 0 Å². The number of fused-ring (bicyclic) bond motifs is 1. The molecule has 2 heterocycles. The summed E-state index contributed by atoms with van der Waals surface area (Å²) in [6.07, 6.45) is 0.861. The lowest BCUT2D eigenvalue weighted by Gasteiger charge is -2.18. The van der Waals surface area contributed by atoms with Gasteiger partial charge in [-0.2, -0.15) is 0 Å². The Balaban J connectivity index is 1.69. The topological polar surface area (TPSA) is 41.9 Å². The number of benzene rings is 1. The molecule has 2 unspecified atom stereocenters. The number of rotatable bonds is 3. The van der Waals surface area contributed by atoms with E-state index in [1.54, 1.807) is 0 Å². The largest absolute Gasteiger partial charge is 0.454 e. The molecular weight excluding hydrogens is 230 g/mol. The van der Waals surface area contributed by atoms with Crippen LogP contribution in [0.2, 0.25) is 0 Å². The van der Waals surface area contributed by atoms with Crippen molar-refractivity contribution in [3.63, 3.8) is 0 Å². The van der Waals surface area contributed by atoms with Crippen LogP contribution in [0.1, 0.15) is 18.9 Å². The number of aliphatic hydroxyl groups is 1. The quantitative estimate of drug-likeness (QED) is 0.884. The van der Waals surface area contributed by atoms with Crippen molar-refractivity contribution in [2.24, 2.45) is 5.92 Å². The maximum atomic E-state index is 9.62. The summed E-state index contributed by atoms with van der Waals surface area (Å²) in [6, 6.07) is 6.03. The van der Waals surface area contributed by atoms with Gasteiger partial charge in [0.1, 0.15) is 0 Å². The summed E-state index contributed by atoms with van der Waals surface area (Å²) in [4.78, 5) is 2.37. The van der Waals surface area contributed by atoms with Crippen molar-refractivity contribution < 1.29 is 14.6 Å². The molecule has 4 heteroatoms. The van der Waals surface area contributed by atoms with Gasteiger partial charge in [-0.1, -0.05) is 12.1 Å². The zero-order valence-electron chi connectivity index (χ0n) is 10.6. The zero-order chi connectivity index (χ0) is 12.5. The van der Waals surface area contributed by atoms with E-state index in [1.807, 2.05) is 19.1 Å². The molecule has 4 nitrogen and oxygen atoms in total. The third-order valence-electron chi connectivity index (χ3n) is 3.86. The maximum Gasteiger partial charge on any atom is 0.231 e. The first-order valence-corrected chi connectivity index (χ1v) is 6.52. The Morgan fingerprint density at radius 3 is 3.11 bits per heavy atom. The molecule has 1 N–H and O–H groups in total. The van der Waals surface area contributed by atoms with Gasteiger partial charge in [0.15, 0.2) is 11.5 Å². The molecule has 2 atom stereocenters. The molecule has 0 saturated carbocycles. The van der Waals surface area contributed by atoms with E-state index in [0.717, 1.165) is 37.6 Å². The lowest BCUT2D eigenvalue weighted by molar-refractivity contribution is 0.127. The molecule has 3 rings (SSSR count). The summed E-state index contributed by atoms with van der Waals surface area (Å²) in [5, 5.41) is 9.62. The predicted octanol–water partition coefficient (Wildman–Crippen LogP) is 1.62. The molecule has 2 aliphatic rings. The average molecular weight is 249 g/mol. The van der Waals surface area contributed by atoms with E-state index >= 15 is 0 Å². The van der Waals surface area contributed by atoms with E-state index in [1.165, 1.54) is 5.56 Å². The maximum absolute atomic E-state index is 9.62. The van der Waals surface area contributed by atoms with Crippen molar-refractivity contribution in [1.29, 1.82) is 0 Å². The van der Waals surface area contributed by atoms with Crippen molar-refractivity contribution in [2.45, 2.75) is 26.0 Å². The van der Waals surface area contributed by atoms with E-state index in [4.69, 9.17) is 9.47 Å². The Morgan fingerprint density at radius 1 is 1.44 bits per heavy atom. The highest BCUT2D eigenvalue weighted by Gasteiger charge is 2.27. The van der Waals surface area contributed by atoms with Gasteiger partial charge < -0.3 is 14.6 Å². The number of aliphatic hydroxyl groups excluding tert-OH is 1. The molecule has 0 radical (unpaired) electrons. The molecular formula is C14H19NO3. The molecule has 0 aliphatic carbocycles. The number of nitrogens with zero attached hydrogens (tertiary/aromatic N) is 1. The molecule has 2 aliphatic heterocycles. The first-order chi connectivity index (χ1) is 8.74. The standard InChI is InChI=1S/C14H19NO3/c1-10(16)11-5-6-15(7-11)8-12-3-2-4-13-14(12)18-9-17-13/h2-4,10-11,16H,5-9H2,1H3. The zero-order valence-corrected chi connectivity index (χ0v) is 10.6. The van der Waals surface area contributed by atoms with Crippen LogP contribution < -0.4 is 9.47 Å². The van der Waals surface area contributed by atoms with Gasteiger partial charge in [0.2, 0.25) is 6.79 Å². The van der Waals surface area contributed by atoms with E-state index in [0.29, 0.717) is 12.7 Å². The molecule has 0 aromatic heterocycles. The number of hydrogen-bond acceptors (Lipinski definition) is 4. The van der Waals surface area contributed by atoms with E-state index < -0.39 is 0 Å². The molecule has 0 spiro atoms. The SMILES string of the molecule is CC(O)C1CCN(Cc2cccc3c2OCO3)C1. The van der Waals surface area contributed by atoms with Crippen LogP contribution in [0, 0.1) is 5.92 Å². The molecule has 1 aromatic carbocycles. The minimum absolute atomic E-state index is 0.212. The summed E-state index contributed by atoms with van der Waals surface area (Å²) >= 11 is 0. The first kappa shape index (κ1) is 11.8. The molecule has 18 heavy (non-hydrogen) atoms. The van der Waals surface area contributed by atoms with Crippen LogP contribution in [0.25, 0.3) is 0 Å². The highest BCUT2D eigenvalue weighted by atomic mass is 16.7. The summed E-state index contributed by atoms with van der Waals surface area (Å²) in [5.41, 5.74) is 1.18. The van der Waals surface area contributed by atoms with Gasteiger partial charge in [0, 0.05) is 18.7 Å². The van der Waals surface area contributed by atoms with Crippen molar-refractivity contribution in [3.8, 4) is 11.5 Å². The highest BCUT2D eigenvalue weighted by molar-refractivity contribution is 5.48. The monoisotopic (exact) mass is 249 g/mol. The normalized spacial score (nSPS) is 24.4. The van der Waals surface area contributed by atoms with E-state index in [-0.39, 0.29) is 6.10 Å². The molecule has 1 saturated heterocycles. The fraction of sp³-hybridized carbons (Fsp3) is 0.571. The Morgan fingerprint density at radius 2 is 2.33 bits per heavy atom. The Hall–Kier alpha value is -1.26. The van der Waals surface area contributed by atoms with Crippen LogP contribution in [-0.4, -0.2) is 36.0 Å².